The summed E-state index contributed by atoms with van der Waals surface area (Å²) < 4.78 is 34.1. The third-order valence-electron chi connectivity index (χ3n) is 0.661. The summed E-state index contributed by atoms with van der Waals surface area (Å²) in [5, 5.41) is 0. The molecule has 0 heterocycles. The Morgan fingerprint density at radius 3 is 2.25 bits per heavy atom. The number of rotatable bonds is 1. The van der Waals surface area contributed by atoms with Crippen LogP contribution in [0.3, 0.4) is 0 Å². The number of hydroxylamine groups is 1. The summed E-state index contributed by atoms with van der Waals surface area (Å²) in [6.45, 7) is 2.92. The first-order valence-corrected chi connectivity index (χ1v) is 2.58. The highest BCUT2D eigenvalue weighted by molar-refractivity contribution is 5.87. The van der Waals surface area contributed by atoms with E-state index in [-0.39, 0.29) is 0 Å². The molecule has 0 aromatic carbocycles. The Labute approximate surface area is 64.9 Å². The van der Waals surface area contributed by atoms with Gasteiger partial charge in [0.2, 0.25) is 0 Å². The van der Waals surface area contributed by atoms with Crippen LogP contribution < -0.4 is 5.48 Å². The van der Waals surface area contributed by atoms with E-state index in [1.807, 2.05) is 0 Å². The van der Waals surface area contributed by atoms with Gasteiger partial charge < -0.3 is 4.84 Å². The van der Waals surface area contributed by atoms with E-state index in [4.69, 9.17) is 0 Å². The van der Waals surface area contributed by atoms with Gasteiger partial charge in [-0.05, 0) is 6.08 Å². The van der Waals surface area contributed by atoms with Gasteiger partial charge in [0, 0.05) is 0 Å². The number of hydrogen-bond acceptors (Lipinski definition) is 3. The normalized spacial score (nSPS) is 10.2. The number of amides is 1. The van der Waals surface area contributed by atoms with Crippen LogP contribution in [0.15, 0.2) is 12.7 Å². The summed E-state index contributed by atoms with van der Waals surface area (Å²) >= 11 is 0. The summed E-state index contributed by atoms with van der Waals surface area (Å²) in [5.41, 5.74) is 1.21. The van der Waals surface area contributed by atoms with E-state index in [1.54, 1.807) is 0 Å². The third-order valence-corrected chi connectivity index (χ3v) is 0.661. The molecule has 0 saturated carbocycles. The van der Waals surface area contributed by atoms with E-state index in [1.165, 1.54) is 5.48 Å². The zero-order valence-corrected chi connectivity index (χ0v) is 5.64. The van der Waals surface area contributed by atoms with E-state index in [0.29, 0.717) is 6.08 Å². The lowest BCUT2D eigenvalue weighted by molar-refractivity contribution is -0.207. The fourth-order valence-corrected chi connectivity index (χ4v) is 0.196. The van der Waals surface area contributed by atoms with Crippen molar-refractivity contribution in [1.29, 1.82) is 0 Å². The Kier molecular flexibility index (Phi) is 3.27. The standard InChI is InChI=1S/C5H4F3NO3/c1-2-3(10)9-12-4(11)5(6,7)8/h2H,1H2,(H,9,10). The minimum Gasteiger partial charge on any atom is -0.332 e. The molecule has 12 heavy (non-hydrogen) atoms. The maximum atomic E-state index is 11.4. The maximum absolute atomic E-state index is 11.4. The van der Waals surface area contributed by atoms with E-state index in [9.17, 15) is 22.8 Å². The zero-order valence-electron chi connectivity index (χ0n) is 5.64. The minimum atomic E-state index is -5.12. The largest absolute Gasteiger partial charge is 0.493 e. The minimum absolute atomic E-state index is 0.656. The third kappa shape index (κ3) is 3.59. The molecule has 0 aromatic heterocycles. The Morgan fingerprint density at radius 2 is 1.92 bits per heavy atom. The fourth-order valence-electron chi connectivity index (χ4n) is 0.196. The molecule has 0 fully saturated rings. The van der Waals surface area contributed by atoms with Crippen LogP contribution in [0, 0.1) is 0 Å². The average Bonchev–Trinajstić information content (AvgIpc) is 1.97. The Bertz CT molecular complexity index is 210. The van der Waals surface area contributed by atoms with Gasteiger partial charge in [0.1, 0.15) is 0 Å². The molecule has 4 nitrogen and oxygen atoms in total. The van der Waals surface area contributed by atoms with Gasteiger partial charge in [0.15, 0.2) is 0 Å². The molecule has 1 N–H and O–H groups in total. The van der Waals surface area contributed by atoms with Gasteiger partial charge in [0.05, 0.1) is 0 Å². The Balaban J connectivity index is 3.88. The molecular formula is C5H4F3NO3. The number of carbonyl (C=O) groups excluding carboxylic acids is 2. The van der Waals surface area contributed by atoms with E-state index in [2.05, 4.69) is 11.4 Å². The monoisotopic (exact) mass is 183 g/mol. The lowest BCUT2D eigenvalue weighted by Gasteiger charge is -2.04. The molecule has 0 aliphatic rings. The molecule has 0 unspecified atom stereocenters. The van der Waals surface area contributed by atoms with E-state index < -0.39 is 18.1 Å². The van der Waals surface area contributed by atoms with Crippen LogP contribution in [0.25, 0.3) is 0 Å². The maximum Gasteiger partial charge on any atom is 0.493 e. The van der Waals surface area contributed by atoms with Crippen molar-refractivity contribution < 1.29 is 27.6 Å². The molecule has 0 aromatic rings. The molecule has 0 saturated heterocycles. The van der Waals surface area contributed by atoms with Crippen molar-refractivity contribution in [3.63, 3.8) is 0 Å². The van der Waals surface area contributed by atoms with Gasteiger partial charge in [-0.1, -0.05) is 6.58 Å². The summed E-state index contributed by atoms with van der Waals surface area (Å²) in [6, 6.07) is 0. The number of nitrogens with one attached hydrogen (secondary N) is 1. The molecule has 1 amide bonds. The Hall–Kier alpha value is -1.53. The van der Waals surface area contributed by atoms with Gasteiger partial charge in [-0.15, -0.1) is 0 Å². The lowest BCUT2D eigenvalue weighted by atomic mass is 10.6. The van der Waals surface area contributed by atoms with Crippen LogP contribution >= 0.6 is 0 Å². The van der Waals surface area contributed by atoms with Crippen LogP contribution in [-0.2, 0) is 14.4 Å². The van der Waals surface area contributed by atoms with Crippen LogP contribution in [-0.4, -0.2) is 18.1 Å². The topological polar surface area (TPSA) is 55.4 Å². The van der Waals surface area contributed by atoms with E-state index >= 15 is 0 Å². The Morgan fingerprint density at radius 1 is 1.42 bits per heavy atom. The van der Waals surface area contributed by atoms with Crippen molar-refractivity contribution in [3.05, 3.63) is 12.7 Å². The molecule has 0 atom stereocenters. The molecular weight excluding hydrogens is 179 g/mol. The SMILES string of the molecule is C=CC(=O)NOC(=O)C(F)(F)F. The molecule has 0 rings (SSSR count). The fraction of sp³-hybridized carbons (Fsp3) is 0.200. The number of alkyl halides is 3. The van der Waals surface area contributed by atoms with Crippen LogP contribution in [0.5, 0.6) is 0 Å². The van der Waals surface area contributed by atoms with Crippen molar-refractivity contribution in [2.75, 3.05) is 0 Å². The van der Waals surface area contributed by atoms with Crippen molar-refractivity contribution in [1.82, 2.24) is 5.48 Å². The van der Waals surface area contributed by atoms with Gasteiger partial charge in [-0.3, -0.25) is 4.79 Å². The summed E-state index contributed by atoms with van der Waals surface area (Å²) in [5.74, 6) is -3.52. The van der Waals surface area contributed by atoms with Crippen LogP contribution in [0.1, 0.15) is 0 Å². The molecule has 0 aliphatic carbocycles. The van der Waals surface area contributed by atoms with Gasteiger partial charge in [-0.2, -0.15) is 18.7 Å². The quantitative estimate of drug-likeness (QED) is 0.470. The summed E-state index contributed by atoms with van der Waals surface area (Å²) in [4.78, 5) is 23.4. The van der Waals surface area contributed by atoms with Crippen molar-refractivity contribution in [2.45, 2.75) is 6.18 Å². The second kappa shape index (κ2) is 3.74. The summed E-state index contributed by atoms with van der Waals surface area (Å²) in [6.07, 6.45) is -4.46. The first-order valence-electron chi connectivity index (χ1n) is 2.58. The van der Waals surface area contributed by atoms with Gasteiger partial charge in [-0.25, -0.2) is 4.79 Å². The van der Waals surface area contributed by atoms with Crippen molar-refractivity contribution in [2.24, 2.45) is 0 Å². The highest BCUT2D eigenvalue weighted by Crippen LogP contribution is 2.15. The lowest BCUT2D eigenvalue weighted by Crippen LogP contribution is -2.33. The van der Waals surface area contributed by atoms with Crippen LogP contribution in [0.2, 0.25) is 0 Å². The number of halogens is 3. The molecule has 0 bridgehead atoms. The first-order chi connectivity index (χ1) is 5.38. The van der Waals surface area contributed by atoms with Crippen molar-refractivity contribution >= 4 is 11.9 Å². The average molecular weight is 183 g/mol. The predicted molar refractivity (Wildman–Crippen MR) is 30.5 cm³/mol. The van der Waals surface area contributed by atoms with Crippen molar-refractivity contribution in [3.8, 4) is 0 Å². The highest BCUT2D eigenvalue weighted by Gasteiger charge is 2.41. The number of carbonyl (C=O) groups is 2. The first kappa shape index (κ1) is 10.5. The molecule has 0 radical (unpaired) electrons. The molecule has 68 valence electrons. The predicted octanol–water partition coefficient (Wildman–Crippen LogP) is 0.309. The summed E-state index contributed by atoms with van der Waals surface area (Å²) in [7, 11) is 0. The van der Waals surface area contributed by atoms with E-state index in [0.717, 1.165) is 0 Å². The van der Waals surface area contributed by atoms with Crippen LogP contribution in [0.4, 0.5) is 13.2 Å². The second-order valence-corrected chi connectivity index (χ2v) is 1.56. The van der Waals surface area contributed by atoms with Gasteiger partial charge >= 0.3 is 12.1 Å². The molecule has 0 spiro atoms. The second-order valence-electron chi connectivity index (χ2n) is 1.56. The van der Waals surface area contributed by atoms with Gasteiger partial charge in [0.25, 0.3) is 5.91 Å². The molecule has 7 heteroatoms. The molecule has 0 aliphatic heterocycles. The smallest absolute Gasteiger partial charge is 0.332 e. The zero-order chi connectivity index (χ0) is 9.78. The highest BCUT2D eigenvalue weighted by atomic mass is 19.4. The number of hydrogen-bond donors (Lipinski definition) is 1.